The van der Waals surface area contributed by atoms with Gasteiger partial charge in [-0.2, -0.15) is 4.31 Å². The van der Waals surface area contributed by atoms with Gasteiger partial charge in [-0.15, -0.1) is 0 Å². The fourth-order valence-electron chi connectivity index (χ4n) is 4.31. The summed E-state index contributed by atoms with van der Waals surface area (Å²) in [6, 6.07) is 10.1. The second-order valence-corrected chi connectivity index (χ2v) is 12.7. The number of amides is 2. The molecule has 2 aromatic carbocycles. The maximum absolute atomic E-state index is 13.7. The summed E-state index contributed by atoms with van der Waals surface area (Å²) in [6.07, 6.45) is -0.436. The topological polar surface area (TPSA) is 103 Å². The van der Waals surface area contributed by atoms with Gasteiger partial charge in [-0.25, -0.2) is 18.2 Å². The minimum Gasteiger partial charge on any atom is -0.450 e. The molecule has 12 heteroatoms. The molecule has 3 aromatic rings. The zero-order chi connectivity index (χ0) is 28.3. The molecule has 0 atom stereocenters. The lowest BCUT2D eigenvalue weighted by Gasteiger charge is -2.33. The van der Waals surface area contributed by atoms with E-state index in [1.165, 1.54) is 32.7 Å². The number of rotatable bonds is 8. The Hall–Kier alpha value is -3.06. The largest absolute Gasteiger partial charge is 0.450 e. The van der Waals surface area contributed by atoms with E-state index in [1.54, 1.807) is 24.0 Å². The smallest absolute Gasteiger partial charge is 0.409 e. The van der Waals surface area contributed by atoms with Gasteiger partial charge in [0.2, 0.25) is 10.0 Å². The van der Waals surface area contributed by atoms with Crippen molar-refractivity contribution in [1.29, 1.82) is 0 Å². The quantitative estimate of drug-likeness (QED) is 0.406. The number of ether oxygens (including phenoxy) is 1. The number of piperazine rings is 1. The second kappa shape index (κ2) is 12.0. The predicted octanol–water partition coefficient (Wildman–Crippen LogP) is 3.58. The number of benzene rings is 2. The Bertz CT molecular complexity index is 1450. The zero-order valence-electron chi connectivity index (χ0n) is 23.0. The van der Waals surface area contributed by atoms with Crippen molar-refractivity contribution in [3.8, 4) is 0 Å². The van der Waals surface area contributed by atoms with Crippen LogP contribution in [0, 0.1) is 13.8 Å². The summed E-state index contributed by atoms with van der Waals surface area (Å²) in [5.74, 6) is -0.239. The molecule has 0 N–H and O–H groups in total. The Morgan fingerprint density at radius 1 is 1.00 bits per heavy atom. The highest BCUT2D eigenvalue weighted by atomic mass is 32.2. The van der Waals surface area contributed by atoms with Gasteiger partial charge in [0.1, 0.15) is 0 Å². The predicted molar refractivity (Wildman–Crippen MR) is 153 cm³/mol. The van der Waals surface area contributed by atoms with Gasteiger partial charge in [0.15, 0.2) is 5.13 Å². The number of sulfonamides is 1. The third kappa shape index (κ3) is 6.24. The molecule has 0 saturated carbocycles. The Balaban J connectivity index is 1.54. The first-order valence-electron chi connectivity index (χ1n) is 12.9. The molecule has 0 radical (unpaired) electrons. The van der Waals surface area contributed by atoms with Crippen LogP contribution < -0.4 is 4.90 Å². The summed E-state index contributed by atoms with van der Waals surface area (Å²) in [7, 11) is 0.117. The first-order chi connectivity index (χ1) is 18.5. The lowest BCUT2D eigenvalue weighted by atomic mass is 10.1. The van der Waals surface area contributed by atoms with Crippen LogP contribution >= 0.6 is 11.3 Å². The van der Waals surface area contributed by atoms with Crippen LogP contribution in [-0.4, -0.2) is 99.5 Å². The van der Waals surface area contributed by atoms with Gasteiger partial charge in [0.05, 0.1) is 21.7 Å². The van der Waals surface area contributed by atoms with Crippen LogP contribution in [0.2, 0.25) is 0 Å². The van der Waals surface area contributed by atoms with Crippen molar-refractivity contribution in [2.24, 2.45) is 0 Å². The number of aromatic nitrogens is 1. The molecule has 1 aromatic heterocycles. The molecule has 210 valence electrons. The number of likely N-dealkylation sites (N-methyl/N-ethyl adjacent to an activating group) is 1. The van der Waals surface area contributed by atoms with Crippen LogP contribution in [0.1, 0.15) is 28.4 Å². The van der Waals surface area contributed by atoms with Crippen molar-refractivity contribution >= 4 is 48.7 Å². The highest BCUT2D eigenvalue weighted by Crippen LogP contribution is 2.32. The summed E-state index contributed by atoms with van der Waals surface area (Å²) in [5, 5.41) is 0.613. The van der Waals surface area contributed by atoms with Crippen molar-refractivity contribution in [3.63, 3.8) is 0 Å². The van der Waals surface area contributed by atoms with Crippen LogP contribution in [0.5, 0.6) is 0 Å². The molecule has 1 aliphatic heterocycles. The first-order valence-corrected chi connectivity index (χ1v) is 15.1. The van der Waals surface area contributed by atoms with Crippen molar-refractivity contribution in [1.82, 2.24) is 19.1 Å². The number of nitrogens with zero attached hydrogens (tertiary/aromatic N) is 5. The fraction of sp³-hybridized carbons (Fsp3) is 0.444. The first kappa shape index (κ1) is 28.9. The molecule has 4 rings (SSSR count). The Morgan fingerprint density at radius 3 is 2.28 bits per heavy atom. The third-order valence-electron chi connectivity index (χ3n) is 6.82. The van der Waals surface area contributed by atoms with Gasteiger partial charge >= 0.3 is 6.09 Å². The summed E-state index contributed by atoms with van der Waals surface area (Å²) in [5.41, 5.74) is 3.51. The molecule has 2 heterocycles. The molecule has 0 spiro atoms. The number of carbonyl (C=O) groups is 2. The Labute approximate surface area is 233 Å². The van der Waals surface area contributed by atoms with Gasteiger partial charge < -0.3 is 14.5 Å². The molecule has 1 fully saturated rings. The number of hydrogen-bond donors (Lipinski definition) is 0. The molecule has 39 heavy (non-hydrogen) atoms. The molecule has 2 amide bonds. The minimum absolute atomic E-state index is 0.106. The van der Waals surface area contributed by atoms with E-state index >= 15 is 0 Å². The van der Waals surface area contributed by atoms with Crippen molar-refractivity contribution in [2.45, 2.75) is 25.7 Å². The molecule has 1 aliphatic rings. The van der Waals surface area contributed by atoms with Crippen molar-refractivity contribution < 1.29 is 22.7 Å². The van der Waals surface area contributed by atoms with E-state index in [4.69, 9.17) is 9.72 Å². The van der Waals surface area contributed by atoms with Crippen LogP contribution in [0.4, 0.5) is 9.93 Å². The zero-order valence-corrected chi connectivity index (χ0v) is 24.6. The number of anilines is 1. The highest BCUT2D eigenvalue weighted by molar-refractivity contribution is 7.89. The number of fused-ring (bicyclic) bond motifs is 1. The molecule has 0 unspecified atom stereocenters. The van der Waals surface area contributed by atoms with E-state index in [9.17, 15) is 18.0 Å². The van der Waals surface area contributed by atoms with Gasteiger partial charge in [-0.05, 0) is 76.3 Å². The second-order valence-electron chi connectivity index (χ2n) is 9.73. The molecular formula is C27H35N5O5S2. The minimum atomic E-state index is -3.77. The maximum Gasteiger partial charge on any atom is 0.409 e. The van der Waals surface area contributed by atoms with E-state index in [-0.39, 0.29) is 43.6 Å². The molecular weight excluding hydrogens is 538 g/mol. The SMILES string of the molecule is CCOC(=O)N1CCN(S(=O)(=O)c2ccc(C(=O)N(CCN(C)C)c3nc4c(C)c(C)ccc4s3)cc2)CC1. The Morgan fingerprint density at radius 2 is 1.67 bits per heavy atom. The van der Waals surface area contributed by atoms with E-state index < -0.39 is 16.1 Å². The number of aryl methyl sites for hydroxylation is 2. The van der Waals surface area contributed by atoms with E-state index in [2.05, 4.69) is 6.07 Å². The highest BCUT2D eigenvalue weighted by Gasteiger charge is 2.31. The maximum atomic E-state index is 13.7. The van der Waals surface area contributed by atoms with Crippen LogP contribution in [0.25, 0.3) is 10.2 Å². The van der Waals surface area contributed by atoms with Crippen molar-refractivity contribution in [3.05, 3.63) is 53.1 Å². The lowest BCUT2D eigenvalue weighted by Crippen LogP contribution is -2.50. The van der Waals surface area contributed by atoms with E-state index in [0.717, 1.165) is 21.3 Å². The average Bonchev–Trinajstić information content (AvgIpc) is 3.35. The van der Waals surface area contributed by atoms with Gasteiger partial charge in [-0.1, -0.05) is 17.4 Å². The van der Waals surface area contributed by atoms with Crippen molar-refractivity contribution in [2.75, 3.05) is 64.9 Å². The van der Waals surface area contributed by atoms with Gasteiger partial charge in [-0.3, -0.25) is 9.69 Å². The van der Waals surface area contributed by atoms with Gasteiger partial charge in [0, 0.05) is 44.8 Å². The molecule has 0 aliphatic carbocycles. The lowest BCUT2D eigenvalue weighted by molar-refractivity contribution is 0.0933. The molecule has 1 saturated heterocycles. The summed E-state index contributed by atoms with van der Waals surface area (Å²) < 4.78 is 33.9. The van der Waals surface area contributed by atoms with Gasteiger partial charge in [0.25, 0.3) is 5.91 Å². The Kier molecular flexibility index (Phi) is 8.90. The van der Waals surface area contributed by atoms with Crippen LogP contribution in [0.3, 0.4) is 0 Å². The number of hydrogen-bond acceptors (Lipinski definition) is 8. The van der Waals surface area contributed by atoms with Crippen LogP contribution in [0.15, 0.2) is 41.3 Å². The number of carbonyl (C=O) groups excluding carboxylic acids is 2. The average molecular weight is 574 g/mol. The van der Waals surface area contributed by atoms with E-state index in [1.807, 2.05) is 38.9 Å². The number of thiazole rings is 1. The monoisotopic (exact) mass is 573 g/mol. The summed E-state index contributed by atoms with van der Waals surface area (Å²) in [4.78, 5) is 35.7. The summed E-state index contributed by atoms with van der Waals surface area (Å²) >= 11 is 1.47. The molecule has 10 nitrogen and oxygen atoms in total. The van der Waals surface area contributed by atoms with E-state index in [0.29, 0.717) is 23.8 Å². The normalized spacial score (nSPS) is 14.7. The molecule has 0 bridgehead atoms. The fourth-order valence-corrected chi connectivity index (χ4v) is 6.79. The van der Waals surface area contributed by atoms with Crippen LogP contribution in [-0.2, 0) is 14.8 Å². The summed E-state index contributed by atoms with van der Waals surface area (Å²) in [6.45, 7) is 8.03. The third-order valence-corrected chi connectivity index (χ3v) is 9.78. The standard InChI is InChI=1S/C27H35N5O5S2/c1-6-37-27(34)30-14-16-31(17-15-30)39(35,36)22-10-8-21(9-11-22)25(33)32(18-13-29(4)5)26-28-24-20(3)19(2)7-12-23(24)38-26/h7-12H,6,13-18H2,1-5H3.